The van der Waals surface area contributed by atoms with Crippen molar-refractivity contribution < 1.29 is 28.6 Å². The van der Waals surface area contributed by atoms with E-state index in [1.54, 1.807) is 0 Å². The van der Waals surface area contributed by atoms with Gasteiger partial charge in [-0.1, -0.05) is 0 Å². The predicted octanol–water partition coefficient (Wildman–Crippen LogP) is 0.823. The van der Waals surface area contributed by atoms with E-state index in [0.717, 1.165) is 0 Å². The van der Waals surface area contributed by atoms with Gasteiger partial charge in [0.25, 0.3) is 5.79 Å². The molecule has 2 aliphatic rings. The zero-order valence-corrected chi connectivity index (χ0v) is 11.3. The first-order chi connectivity index (χ1) is 8.80. The molecule has 0 spiro atoms. The van der Waals surface area contributed by atoms with Crippen LogP contribution in [0.15, 0.2) is 0 Å². The lowest BCUT2D eigenvalue weighted by molar-refractivity contribution is -0.238. The number of carbonyl (C=O) groups excluding carboxylic acids is 3. The lowest BCUT2D eigenvalue weighted by atomic mass is 9.85. The van der Waals surface area contributed by atoms with Crippen LogP contribution in [0.5, 0.6) is 0 Å². The molecule has 0 aromatic heterocycles. The Labute approximate surface area is 111 Å². The van der Waals surface area contributed by atoms with Crippen molar-refractivity contribution in [1.82, 2.24) is 0 Å². The van der Waals surface area contributed by atoms with Crippen molar-refractivity contribution in [3.8, 4) is 0 Å². The first kappa shape index (κ1) is 14.0. The summed E-state index contributed by atoms with van der Waals surface area (Å²) in [6.45, 7) is 5.24. The van der Waals surface area contributed by atoms with Gasteiger partial charge in [0.1, 0.15) is 0 Å². The normalized spacial score (nSPS) is 31.5. The van der Waals surface area contributed by atoms with Gasteiger partial charge in [0, 0.05) is 26.4 Å². The monoisotopic (exact) mass is 270 g/mol. The highest BCUT2D eigenvalue weighted by Crippen LogP contribution is 2.29. The van der Waals surface area contributed by atoms with Crippen LogP contribution in [0.3, 0.4) is 0 Å². The van der Waals surface area contributed by atoms with Crippen LogP contribution in [0.25, 0.3) is 0 Å². The molecule has 2 atom stereocenters. The van der Waals surface area contributed by atoms with E-state index >= 15 is 0 Å². The largest absolute Gasteiger partial charge is 0.422 e. The van der Waals surface area contributed by atoms with Crippen LogP contribution >= 0.6 is 0 Å². The molecule has 0 aliphatic carbocycles. The molecule has 0 saturated carbocycles. The summed E-state index contributed by atoms with van der Waals surface area (Å²) in [4.78, 5) is 35.9. The van der Waals surface area contributed by atoms with E-state index in [9.17, 15) is 14.4 Å². The van der Waals surface area contributed by atoms with Crippen molar-refractivity contribution in [2.45, 2.75) is 45.5 Å². The third-order valence-electron chi connectivity index (χ3n) is 3.34. The molecule has 0 aromatic rings. The first-order valence-electron chi connectivity index (χ1n) is 6.41. The second-order valence-electron chi connectivity index (χ2n) is 5.48. The van der Waals surface area contributed by atoms with E-state index in [1.807, 2.05) is 6.92 Å². The maximum absolute atomic E-state index is 12.3. The number of esters is 2. The Hall–Kier alpha value is -1.43. The Morgan fingerprint density at radius 3 is 2.32 bits per heavy atom. The summed E-state index contributed by atoms with van der Waals surface area (Å²) in [5.41, 5.74) is 0. The summed E-state index contributed by atoms with van der Waals surface area (Å²) in [6, 6.07) is 0. The number of Topliss-reactive ketones (excluding diaryl/α,β-unsaturated/α-hetero) is 1. The van der Waals surface area contributed by atoms with Gasteiger partial charge in [0.15, 0.2) is 5.78 Å². The van der Waals surface area contributed by atoms with Crippen molar-refractivity contribution in [3.63, 3.8) is 0 Å². The molecule has 19 heavy (non-hydrogen) atoms. The Kier molecular flexibility index (Phi) is 3.62. The van der Waals surface area contributed by atoms with Gasteiger partial charge in [-0.15, -0.1) is 0 Å². The quantitative estimate of drug-likeness (QED) is 0.546. The van der Waals surface area contributed by atoms with Gasteiger partial charge in [-0.2, -0.15) is 0 Å². The fraction of sp³-hybridized carbons (Fsp3) is 0.769. The van der Waals surface area contributed by atoms with Crippen molar-refractivity contribution in [3.05, 3.63) is 0 Å². The maximum Gasteiger partial charge on any atom is 0.331 e. The van der Waals surface area contributed by atoms with Crippen molar-refractivity contribution in [1.29, 1.82) is 0 Å². The van der Waals surface area contributed by atoms with E-state index in [1.165, 1.54) is 13.8 Å². The standard InChI is InChI=1S/C13H18O6/c1-7-6-8(4-5-17-7)10(14)9-11(15)18-13(2,3)19-12(9)16/h7-9H,4-6H2,1-3H3/t7-,8?/m1/s1. The average molecular weight is 270 g/mol. The molecule has 0 N–H and O–H groups in total. The van der Waals surface area contributed by atoms with E-state index in [4.69, 9.17) is 14.2 Å². The zero-order valence-electron chi connectivity index (χ0n) is 11.3. The van der Waals surface area contributed by atoms with Gasteiger partial charge in [-0.25, -0.2) is 0 Å². The van der Waals surface area contributed by atoms with E-state index in [-0.39, 0.29) is 12.0 Å². The van der Waals surface area contributed by atoms with E-state index in [0.29, 0.717) is 19.4 Å². The summed E-state index contributed by atoms with van der Waals surface area (Å²) < 4.78 is 15.3. The zero-order chi connectivity index (χ0) is 14.2. The van der Waals surface area contributed by atoms with Crippen LogP contribution in [0.2, 0.25) is 0 Å². The number of ketones is 1. The highest BCUT2D eigenvalue weighted by molar-refractivity contribution is 6.16. The molecule has 6 heteroatoms. The Balaban J connectivity index is 2.10. The van der Waals surface area contributed by atoms with E-state index in [2.05, 4.69) is 0 Å². The van der Waals surface area contributed by atoms with Crippen molar-refractivity contribution >= 4 is 17.7 Å². The summed E-state index contributed by atoms with van der Waals surface area (Å²) in [5.74, 6) is -5.14. The van der Waals surface area contributed by atoms with Gasteiger partial charge in [-0.3, -0.25) is 14.4 Å². The molecule has 2 rings (SSSR count). The number of rotatable bonds is 2. The first-order valence-corrected chi connectivity index (χ1v) is 6.41. The molecular formula is C13H18O6. The lowest BCUT2D eigenvalue weighted by Gasteiger charge is -2.34. The summed E-state index contributed by atoms with van der Waals surface area (Å²) in [5, 5.41) is 0. The van der Waals surface area contributed by atoms with Gasteiger partial charge in [-0.05, 0) is 19.8 Å². The van der Waals surface area contributed by atoms with Crippen LogP contribution in [-0.4, -0.2) is 36.2 Å². The summed E-state index contributed by atoms with van der Waals surface area (Å²) in [6.07, 6.45) is 0.984. The highest BCUT2D eigenvalue weighted by atomic mass is 16.7. The fourth-order valence-corrected chi connectivity index (χ4v) is 2.44. The summed E-state index contributed by atoms with van der Waals surface area (Å²) >= 11 is 0. The minimum absolute atomic E-state index is 0.0465. The van der Waals surface area contributed by atoms with Gasteiger partial charge in [0.2, 0.25) is 5.92 Å². The fourth-order valence-electron chi connectivity index (χ4n) is 2.44. The molecule has 106 valence electrons. The predicted molar refractivity (Wildman–Crippen MR) is 62.9 cm³/mol. The molecule has 0 aromatic carbocycles. The molecule has 0 amide bonds. The molecule has 2 fully saturated rings. The summed E-state index contributed by atoms with van der Waals surface area (Å²) in [7, 11) is 0. The minimum Gasteiger partial charge on any atom is -0.422 e. The molecule has 0 radical (unpaired) electrons. The van der Waals surface area contributed by atoms with Gasteiger partial charge >= 0.3 is 11.9 Å². The molecule has 2 heterocycles. The smallest absolute Gasteiger partial charge is 0.331 e. The van der Waals surface area contributed by atoms with Gasteiger partial charge in [0.05, 0.1) is 6.10 Å². The number of ether oxygens (including phenoxy) is 3. The third kappa shape index (κ3) is 2.94. The average Bonchev–Trinajstić information content (AvgIpc) is 2.25. The Bertz CT molecular complexity index is 393. The SMILES string of the molecule is C[C@@H]1CC(C(=O)C2C(=O)OC(C)(C)OC2=O)CCO1. The van der Waals surface area contributed by atoms with Crippen LogP contribution < -0.4 is 0 Å². The minimum atomic E-state index is -1.44. The third-order valence-corrected chi connectivity index (χ3v) is 3.34. The van der Waals surface area contributed by atoms with Crippen molar-refractivity contribution in [2.75, 3.05) is 6.61 Å². The molecular weight excluding hydrogens is 252 g/mol. The van der Waals surface area contributed by atoms with Crippen LogP contribution in [-0.2, 0) is 28.6 Å². The number of hydrogen-bond acceptors (Lipinski definition) is 6. The van der Waals surface area contributed by atoms with Crippen LogP contribution in [0.1, 0.15) is 33.6 Å². The highest BCUT2D eigenvalue weighted by Gasteiger charge is 2.49. The molecule has 2 saturated heterocycles. The molecule has 2 aliphatic heterocycles. The van der Waals surface area contributed by atoms with Crippen molar-refractivity contribution in [2.24, 2.45) is 11.8 Å². The Morgan fingerprint density at radius 1 is 1.21 bits per heavy atom. The maximum atomic E-state index is 12.3. The molecule has 6 nitrogen and oxygen atoms in total. The van der Waals surface area contributed by atoms with E-state index < -0.39 is 29.4 Å². The number of hydrogen-bond donors (Lipinski definition) is 0. The molecule has 1 unspecified atom stereocenters. The number of cyclic esters (lactones) is 2. The van der Waals surface area contributed by atoms with Crippen LogP contribution in [0.4, 0.5) is 0 Å². The van der Waals surface area contributed by atoms with Crippen LogP contribution in [0, 0.1) is 11.8 Å². The lowest BCUT2D eigenvalue weighted by Crippen LogP contribution is -2.51. The second kappa shape index (κ2) is 4.92. The Morgan fingerprint density at radius 2 is 1.79 bits per heavy atom. The number of carbonyl (C=O) groups is 3. The molecule has 0 bridgehead atoms. The van der Waals surface area contributed by atoms with Gasteiger partial charge < -0.3 is 14.2 Å². The topological polar surface area (TPSA) is 78.9 Å². The second-order valence-corrected chi connectivity index (χ2v) is 5.48.